The van der Waals surface area contributed by atoms with E-state index in [1.807, 2.05) is 0 Å². The second kappa shape index (κ2) is 12.9. The fraction of sp³-hybridized carbons (Fsp3) is 0.640. The Bertz CT molecular complexity index is 1390. The molecule has 17 heteroatoms. The van der Waals surface area contributed by atoms with E-state index in [0.29, 0.717) is 12.8 Å². The number of sulfone groups is 1. The van der Waals surface area contributed by atoms with Crippen molar-refractivity contribution in [2.24, 2.45) is 5.92 Å². The fourth-order valence-corrected chi connectivity index (χ4v) is 6.38. The zero-order chi connectivity index (χ0) is 31.6. The molecule has 3 unspecified atom stereocenters. The number of aliphatic hydroxyl groups is 1. The van der Waals surface area contributed by atoms with E-state index in [4.69, 9.17) is 11.6 Å². The monoisotopic (exact) mass is 645 g/mol. The molecule has 0 saturated heterocycles. The largest absolute Gasteiger partial charge is 0.434 e. The molecule has 42 heavy (non-hydrogen) atoms. The molecule has 3 rings (SSSR count). The second-order valence-corrected chi connectivity index (χ2v) is 13.6. The van der Waals surface area contributed by atoms with Crippen molar-refractivity contribution >= 4 is 33.2 Å². The van der Waals surface area contributed by atoms with Gasteiger partial charge in [0, 0.05) is 43.1 Å². The minimum Gasteiger partial charge on any atom is -0.434 e. The number of carbonyl (C=O) groups is 1. The van der Waals surface area contributed by atoms with E-state index >= 15 is 0 Å². The molecule has 2 heterocycles. The van der Waals surface area contributed by atoms with Crippen LogP contribution in [0, 0.1) is 5.92 Å². The van der Waals surface area contributed by atoms with E-state index in [1.165, 1.54) is 18.5 Å². The molecule has 1 aliphatic carbocycles. The quantitative estimate of drug-likeness (QED) is 0.300. The topological polar surface area (TPSA) is 135 Å². The molecule has 1 saturated carbocycles. The van der Waals surface area contributed by atoms with E-state index in [9.17, 15) is 40.3 Å². The number of amides is 1. The minimum atomic E-state index is -4.50. The lowest BCUT2D eigenvalue weighted by Gasteiger charge is -2.32. The van der Waals surface area contributed by atoms with Crippen molar-refractivity contribution in [1.29, 1.82) is 0 Å². The maximum Gasteiger partial charge on any atom is 0.391 e. The van der Waals surface area contributed by atoms with Gasteiger partial charge < -0.3 is 20.5 Å². The molecule has 1 aliphatic rings. The van der Waals surface area contributed by atoms with Crippen molar-refractivity contribution in [3.63, 3.8) is 0 Å². The Kier molecular flexibility index (Phi) is 10.4. The molecule has 0 aromatic carbocycles. The van der Waals surface area contributed by atoms with E-state index < -0.39 is 63.5 Å². The SMILES string of the molecule is CCn1nc(C(=O)NCC2CCC(S(C)(=O)=O)CC2O)c(Cl)c1-c1cnc(NC(C)(C)CC(F)(F)F)cc1OC(F)F. The molecule has 0 aliphatic heterocycles. The Morgan fingerprint density at radius 3 is 2.50 bits per heavy atom. The van der Waals surface area contributed by atoms with E-state index in [-0.39, 0.29) is 47.3 Å². The molecule has 0 bridgehead atoms. The summed E-state index contributed by atoms with van der Waals surface area (Å²) in [4.78, 5) is 17.1. The average molecular weight is 646 g/mol. The highest BCUT2D eigenvalue weighted by atomic mass is 35.5. The first-order chi connectivity index (χ1) is 19.3. The van der Waals surface area contributed by atoms with Crippen LogP contribution in [0.3, 0.4) is 0 Å². The van der Waals surface area contributed by atoms with Crippen molar-refractivity contribution < 1.29 is 45.0 Å². The number of rotatable bonds is 11. The molecular weight excluding hydrogens is 613 g/mol. The summed E-state index contributed by atoms with van der Waals surface area (Å²) in [6.45, 7) is 1.05. The first-order valence-corrected chi connectivity index (χ1v) is 15.4. The highest BCUT2D eigenvalue weighted by molar-refractivity contribution is 7.91. The second-order valence-electron chi connectivity index (χ2n) is 10.9. The summed E-state index contributed by atoms with van der Waals surface area (Å²) in [5.74, 6) is -1.75. The number of aromatic nitrogens is 3. The number of aryl methyl sites for hydroxylation is 1. The molecule has 2 aromatic heterocycles. The third-order valence-corrected chi connectivity index (χ3v) is 8.89. The lowest BCUT2D eigenvalue weighted by Crippen LogP contribution is -2.41. The van der Waals surface area contributed by atoms with Gasteiger partial charge in [0.25, 0.3) is 5.91 Å². The molecule has 3 N–H and O–H groups in total. The first-order valence-electron chi connectivity index (χ1n) is 13.0. The normalized spacial score (nSPS) is 20.0. The van der Waals surface area contributed by atoms with E-state index in [0.717, 1.165) is 18.5 Å². The van der Waals surface area contributed by atoms with Crippen molar-refractivity contribution in [2.45, 2.75) is 82.7 Å². The number of pyridine rings is 1. The Morgan fingerprint density at radius 2 is 1.95 bits per heavy atom. The van der Waals surface area contributed by atoms with Gasteiger partial charge in [-0.15, -0.1) is 0 Å². The number of nitrogens with one attached hydrogen (secondary N) is 2. The summed E-state index contributed by atoms with van der Waals surface area (Å²) >= 11 is 6.51. The Labute approximate surface area is 244 Å². The molecular formula is C25H33ClF5N5O5S. The molecule has 0 radical (unpaired) electrons. The van der Waals surface area contributed by atoms with Gasteiger partial charge in [0.2, 0.25) is 0 Å². The number of ether oxygens (including phenoxy) is 1. The Balaban J connectivity index is 1.86. The predicted octanol–water partition coefficient (Wildman–Crippen LogP) is 4.67. The van der Waals surface area contributed by atoms with Crippen LogP contribution in [0.15, 0.2) is 12.3 Å². The molecule has 3 atom stereocenters. The average Bonchev–Trinajstić information content (AvgIpc) is 3.16. The van der Waals surface area contributed by atoms with Crippen LogP contribution in [0.4, 0.5) is 27.8 Å². The number of carbonyl (C=O) groups excluding carboxylic acids is 1. The van der Waals surface area contributed by atoms with Crippen molar-refractivity contribution in [3.8, 4) is 17.0 Å². The minimum absolute atomic E-state index is 0.0104. The number of hydrogen-bond acceptors (Lipinski definition) is 8. The van der Waals surface area contributed by atoms with Gasteiger partial charge in [-0.05, 0) is 40.0 Å². The van der Waals surface area contributed by atoms with Crippen molar-refractivity contribution in [3.05, 3.63) is 23.0 Å². The first kappa shape index (κ1) is 33.8. The number of alkyl halides is 5. The van der Waals surface area contributed by atoms with Gasteiger partial charge in [-0.1, -0.05) is 11.6 Å². The van der Waals surface area contributed by atoms with Gasteiger partial charge in [0.15, 0.2) is 5.69 Å². The van der Waals surface area contributed by atoms with Crippen LogP contribution >= 0.6 is 11.6 Å². The molecule has 236 valence electrons. The maximum atomic E-state index is 13.3. The van der Waals surface area contributed by atoms with Gasteiger partial charge in [-0.25, -0.2) is 13.4 Å². The molecule has 1 amide bonds. The Morgan fingerprint density at radius 1 is 1.29 bits per heavy atom. The summed E-state index contributed by atoms with van der Waals surface area (Å²) in [5.41, 5.74) is -1.84. The van der Waals surface area contributed by atoms with Crippen molar-refractivity contribution in [2.75, 3.05) is 18.1 Å². The van der Waals surface area contributed by atoms with E-state index in [2.05, 4.69) is 25.5 Å². The van der Waals surface area contributed by atoms with Crippen LogP contribution in [-0.2, 0) is 16.4 Å². The number of halogens is 6. The summed E-state index contributed by atoms with van der Waals surface area (Å²) < 4.78 is 95.1. The van der Waals surface area contributed by atoms with Crippen LogP contribution in [0.5, 0.6) is 5.75 Å². The molecule has 1 fully saturated rings. The molecule has 0 spiro atoms. The van der Waals surface area contributed by atoms with Gasteiger partial charge in [-0.2, -0.15) is 27.1 Å². The van der Waals surface area contributed by atoms with Crippen LogP contribution in [0.1, 0.15) is 56.9 Å². The maximum absolute atomic E-state index is 13.3. The third-order valence-electron chi connectivity index (χ3n) is 6.89. The van der Waals surface area contributed by atoms with Gasteiger partial charge in [0.05, 0.1) is 34.1 Å². The van der Waals surface area contributed by atoms with Crippen molar-refractivity contribution in [1.82, 2.24) is 20.1 Å². The summed E-state index contributed by atoms with van der Waals surface area (Å²) in [6.07, 6.45) is -3.73. The lowest BCUT2D eigenvalue weighted by molar-refractivity contribution is -0.142. The van der Waals surface area contributed by atoms with Crippen LogP contribution < -0.4 is 15.4 Å². The van der Waals surface area contributed by atoms with Gasteiger partial charge in [-0.3, -0.25) is 9.48 Å². The van der Waals surface area contributed by atoms with Gasteiger partial charge in [0.1, 0.15) is 21.4 Å². The summed E-state index contributed by atoms with van der Waals surface area (Å²) in [5, 5.41) is 18.9. The smallest absolute Gasteiger partial charge is 0.391 e. The zero-order valence-corrected chi connectivity index (χ0v) is 24.9. The van der Waals surface area contributed by atoms with E-state index in [1.54, 1.807) is 6.92 Å². The fourth-order valence-electron chi connectivity index (χ4n) is 4.95. The predicted molar refractivity (Wildman–Crippen MR) is 145 cm³/mol. The Hall–Kier alpha value is -2.72. The molecule has 10 nitrogen and oxygen atoms in total. The zero-order valence-electron chi connectivity index (χ0n) is 23.3. The number of hydrogen-bond donors (Lipinski definition) is 3. The van der Waals surface area contributed by atoms with Crippen LogP contribution in [-0.4, -0.2) is 76.7 Å². The highest BCUT2D eigenvalue weighted by Crippen LogP contribution is 2.39. The summed E-state index contributed by atoms with van der Waals surface area (Å²) in [6, 6.07) is 1.01. The highest BCUT2D eigenvalue weighted by Gasteiger charge is 2.37. The third kappa shape index (κ3) is 8.66. The van der Waals surface area contributed by atoms with Crippen LogP contribution in [0.25, 0.3) is 11.3 Å². The van der Waals surface area contributed by atoms with Crippen LogP contribution in [0.2, 0.25) is 5.02 Å². The standard InChI is InChI=1S/C25H33ClF5N5O5S/c1-5-36-21(15-11-32-18(9-17(15)41-23(27)28)34-24(2,3)12-25(29,30)31)19(26)20(35-36)22(38)33-10-13-6-7-14(8-16(13)37)42(4,39)40/h9,11,13-14,16,23,37H,5-8,10,12H2,1-4H3,(H,32,34)(H,33,38). The number of nitrogens with zero attached hydrogens (tertiary/aromatic N) is 3. The summed E-state index contributed by atoms with van der Waals surface area (Å²) in [7, 11) is -3.31. The lowest BCUT2D eigenvalue weighted by atomic mass is 9.86. The number of aliphatic hydroxyl groups excluding tert-OH is 1. The number of anilines is 1. The van der Waals surface area contributed by atoms with Gasteiger partial charge >= 0.3 is 12.8 Å². The molecule has 2 aromatic rings.